The van der Waals surface area contributed by atoms with Gasteiger partial charge in [0, 0.05) is 49.6 Å². The Balaban J connectivity index is 1.43. The van der Waals surface area contributed by atoms with Gasteiger partial charge in [-0.2, -0.15) is 5.10 Å². The Morgan fingerprint density at radius 2 is 2.04 bits per heavy atom. The Bertz CT molecular complexity index is 901. The summed E-state index contributed by atoms with van der Waals surface area (Å²) < 4.78 is 7.50. The first kappa shape index (κ1) is 16.5. The van der Waals surface area contributed by atoms with E-state index in [1.165, 1.54) is 17.7 Å². The van der Waals surface area contributed by atoms with Gasteiger partial charge in [0.2, 0.25) is 0 Å². The van der Waals surface area contributed by atoms with Gasteiger partial charge in [0.05, 0.1) is 24.2 Å². The van der Waals surface area contributed by atoms with Gasteiger partial charge in [-0.05, 0) is 42.7 Å². The molecule has 2 atom stereocenters. The zero-order chi connectivity index (χ0) is 18.1. The first-order valence-electron chi connectivity index (χ1n) is 9.76. The van der Waals surface area contributed by atoms with E-state index in [0.29, 0.717) is 11.8 Å². The van der Waals surface area contributed by atoms with Crippen LogP contribution in [0, 0.1) is 5.92 Å². The molecule has 138 valence electrons. The summed E-state index contributed by atoms with van der Waals surface area (Å²) >= 11 is 0. The summed E-state index contributed by atoms with van der Waals surface area (Å²) in [4.78, 5) is 6.74. The first-order valence-corrected chi connectivity index (χ1v) is 9.76. The van der Waals surface area contributed by atoms with Crippen molar-refractivity contribution < 1.29 is 4.74 Å². The average Bonchev–Trinajstić information content (AvgIpc) is 3.41. The van der Waals surface area contributed by atoms with Crippen LogP contribution >= 0.6 is 0 Å². The lowest BCUT2D eigenvalue weighted by Crippen LogP contribution is -2.35. The van der Waals surface area contributed by atoms with E-state index < -0.39 is 0 Å². The number of ether oxygens (including phenoxy) is 1. The van der Waals surface area contributed by atoms with Crippen LogP contribution in [-0.4, -0.2) is 41.1 Å². The molecule has 0 saturated carbocycles. The molecular formula is C22H24N4O. The maximum atomic E-state index is 5.58. The third-order valence-electron chi connectivity index (χ3n) is 5.72. The number of hydrogen-bond donors (Lipinski definition) is 0. The Morgan fingerprint density at radius 3 is 2.89 bits per heavy atom. The monoisotopic (exact) mass is 360 g/mol. The van der Waals surface area contributed by atoms with E-state index in [4.69, 9.17) is 9.84 Å². The molecule has 1 aromatic carbocycles. The summed E-state index contributed by atoms with van der Waals surface area (Å²) in [6.07, 6.45) is 7.94. The normalized spacial score (nSPS) is 22.0. The highest BCUT2D eigenvalue weighted by molar-refractivity contribution is 5.59. The Kier molecular flexibility index (Phi) is 4.38. The molecule has 27 heavy (non-hydrogen) atoms. The molecule has 2 unspecified atom stereocenters. The number of nitrogens with zero attached hydrogens (tertiary/aromatic N) is 4. The standard InChI is InChI=1S/C22H24N4O/c1-2-6-22-20(5-1)19(7-11-25(22)15-17-9-13-27-16-17)21-8-12-26(24-21)18-4-3-10-23-14-18/h1-6,8,10,12,14,17,19H,7,9,11,13,15-16H2. The number of benzene rings is 1. The van der Waals surface area contributed by atoms with Gasteiger partial charge >= 0.3 is 0 Å². The van der Waals surface area contributed by atoms with Crippen LogP contribution in [0.5, 0.6) is 0 Å². The van der Waals surface area contributed by atoms with Crippen LogP contribution in [-0.2, 0) is 4.74 Å². The molecular weight excluding hydrogens is 336 g/mol. The van der Waals surface area contributed by atoms with Crippen LogP contribution in [0.1, 0.15) is 30.0 Å². The molecule has 0 N–H and O–H groups in total. The maximum absolute atomic E-state index is 5.58. The number of aromatic nitrogens is 3. The van der Waals surface area contributed by atoms with E-state index in [2.05, 4.69) is 40.2 Å². The molecule has 2 aromatic heterocycles. The number of hydrogen-bond acceptors (Lipinski definition) is 4. The second-order valence-electron chi connectivity index (χ2n) is 7.47. The lowest BCUT2D eigenvalue weighted by atomic mass is 9.87. The van der Waals surface area contributed by atoms with Crippen molar-refractivity contribution in [3.8, 4) is 5.69 Å². The van der Waals surface area contributed by atoms with Crippen molar-refractivity contribution in [2.45, 2.75) is 18.8 Å². The Morgan fingerprint density at radius 1 is 1.07 bits per heavy atom. The van der Waals surface area contributed by atoms with Gasteiger partial charge in [-0.15, -0.1) is 0 Å². The van der Waals surface area contributed by atoms with Gasteiger partial charge in [-0.25, -0.2) is 4.68 Å². The minimum atomic E-state index is 0.343. The predicted molar refractivity (Wildman–Crippen MR) is 105 cm³/mol. The lowest BCUT2D eigenvalue weighted by molar-refractivity contribution is 0.186. The minimum Gasteiger partial charge on any atom is -0.381 e. The molecule has 1 saturated heterocycles. The largest absolute Gasteiger partial charge is 0.381 e. The Hall–Kier alpha value is -2.66. The summed E-state index contributed by atoms with van der Waals surface area (Å²) in [7, 11) is 0. The number of fused-ring (bicyclic) bond motifs is 1. The quantitative estimate of drug-likeness (QED) is 0.712. The smallest absolute Gasteiger partial charge is 0.0828 e. The molecule has 0 spiro atoms. The van der Waals surface area contributed by atoms with Crippen LogP contribution in [0.3, 0.4) is 0 Å². The van der Waals surface area contributed by atoms with E-state index in [-0.39, 0.29) is 0 Å². The van der Waals surface area contributed by atoms with Crippen molar-refractivity contribution >= 4 is 5.69 Å². The van der Waals surface area contributed by atoms with Crippen LogP contribution in [0.2, 0.25) is 0 Å². The zero-order valence-electron chi connectivity index (χ0n) is 15.4. The molecule has 5 heteroatoms. The topological polar surface area (TPSA) is 43.2 Å². The van der Waals surface area contributed by atoms with Gasteiger partial charge in [-0.1, -0.05) is 18.2 Å². The zero-order valence-corrected chi connectivity index (χ0v) is 15.4. The molecule has 0 amide bonds. The van der Waals surface area contributed by atoms with Gasteiger partial charge in [0.25, 0.3) is 0 Å². The fraction of sp³-hybridized carbons (Fsp3) is 0.364. The van der Waals surface area contributed by atoms with Crippen LogP contribution in [0.15, 0.2) is 61.1 Å². The summed E-state index contributed by atoms with van der Waals surface area (Å²) in [6.45, 7) is 3.97. The van der Waals surface area contributed by atoms with Crippen molar-refractivity contribution in [1.82, 2.24) is 14.8 Å². The molecule has 2 aliphatic rings. The first-order chi connectivity index (χ1) is 13.4. The maximum Gasteiger partial charge on any atom is 0.0828 e. The van der Waals surface area contributed by atoms with E-state index in [9.17, 15) is 0 Å². The van der Waals surface area contributed by atoms with Crippen molar-refractivity contribution in [1.29, 1.82) is 0 Å². The fourth-order valence-electron chi connectivity index (χ4n) is 4.32. The van der Waals surface area contributed by atoms with Crippen molar-refractivity contribution in [2.75, 3.05) is 31.2 Å². The third-order valence-corrected chi connectivity index (χ3v) is 5.72. The van der Waals surface area contributed by atoms with Crippen molar-refractivity contribution in [3.63, 3.8) is 0 Å². The van der Waals surface area contributed by atoms with Gasteiger partial charge in [-0.3, -0.25) is 4.98 Å². The second kappa shape index (κ2) is 7.16. The molecule has 0 aliphatic carbocycles. The molecule has 3 aromatic rings. The molecule has 5 rings (SSSR count). The molecule has 0 radical (unpaired) electrons. The molecule has 2 aliphatic heterocycles. The highest BCUT2D eigenvalue weighted by Crippen LogP contribution is 2.39. The number of para-hydroxylation sites is 1. The van der Waals surface area contributed by atoms with Crippen molar-refractivity contribution in [3.05, 3.63) is 72.3 Å². The van der Waals surface area contributed by atoms with E-state index in [0.717, 1.165) is 44.1 Å². The molecule has 5 nitrogen and oxygen atoms in total. The highest BCUT2D eigenvalue weighted by atomic mass is 16.5. The highest BCUT2D eigenvalue weighted by Gasteiger charge is 2.29. The average molecular weight is 360 g/mol. The van der Waals surface area contributed by atoms with E-state index in [1.807, 2.05) is 29.2 Å². The van der Waals surface area contributed by atoms with Gasteiger partial charge in [0.1, 0.15) is 0 Å². The molecule has 4 heterocycles. The molecule has 1 fully saturated rings. The number of pyridine rings is 1. The summed E-state index contributed by atoms with van der Waals surface area (Å²) in [5.41, 5.74) is 4.88. The minimum absolute atomic E-state index is 0.343. The van der Waals surface area contributed by atoms with Gasteiger partial charge < -0.3 is 9.64 Å². The SMILES string of the molecule is c1cncc(-n2ccc(C3CCN(CC4CCOC4)c4ccccc43)n2)c1. The summed E-state index contributed by atoms with van der Waals surface area (Å²) in [5.74, 6) is 0.995. The number of anilines is 1. The van der Waals surface area contributed by atoms with E-state index >= 15 is 0 Å². The second-order valence-corrected chi connectivity index (χ2v) is 7.47. The van der Waals surface area contributed by atoms with Crippen molar-refractivity contribution in [2.24, 2.45) is 5.92 Å². The Labute approximate surface area is 159 Å². The molecule has 0 bridgehead atoms. The lowest BCUT2D eigenvalue weighted by Gasteiger charge is -2.36. The van der Waals surface area contributed by atoms with Gasteiger partial charge in [0.15, 0.2) is 0 Å². The predicted octanol–water partition coefficient (Wildman–Crippen LogP) is 3.65. The van der Waals surface area contributed by atoms with Crippen LogP contribution in [0.4, 0.5) is 5.69 Å². The number of rotatable bonds is 4. The van der Waals surface area contributed by atoms with Crippen LogP contribution < -0.4 is 4.90 Å². The fourth-order valence-corrected chi connectivity index (χ4v) is 4.32. The van der Waals surface area contributed by atoms with E-state index in [1.54, 1.807) is 6.20 Å². The third kappa shape index (κ3) is 3.23. The van der Waals surface area contributed by atoms with Crippen LogP contribution in [0.25, 0.3) is 5.69 Å². The summed E-state index contributed by atoms with van der Waals surface area (Å²) in [6, 6.07) is 14.9. The summed E-state index contributed by atoms with van der Waals surface area (Å²) in [5, 5.41) is 4.87.